The van der Waals surface area contributed by atoms with E-state index < -0.39 is 23.9 Å². The molecule has 0 unspecified atom stereocenters. The molecule has 0 aromatic heterocycles. The van der Waals surface area contributed by atoms with Crippen LogP contribution >= 0.6 is 11.6 Å². The highest BCUT2D eigenvalue weighted by atomic mass is 35.5. The summed E-state index contributed by atoms with van der Waals surface area (Å²) in [6, 6.07) is 4.99. The topological polar surface area (TPSA) is 123 Å². The summed E-state index contributed by atoms with van der Waals surface area (Å²) in [4.78, 5) is 34.4. The molecule has 0 aliphatic carbocycles. The Kier molecular flexibility index (Phi) is 7.14. The van der Waals surface area contributed by atoms with Gasteiger partial charge in [-0.05, 0) is 18.1 Å². The smallest absolute Gasteiger partial charge is 0.312 e. The molecule has 8 nitrogen and oxygen atoms in total. The van der Waals surface area contributed by atoms with Gasteiger partial charge in [0, 0.05) is 0 Å². The van der Waals surface area contributed by atoms with Crippen molar-refractivity contribution in [2.75, 3.05) is 6.61 Å². The third kappa shape index (κ3) is 6.43. The maximum absolute atomic E-state index is 11.9. The molecule has 0 radical (unpaired) electrons. The highest BCUT2D eigenvalue weighted by molar-refractivity contribution is 6.32. The first-order valence-corrected chi connectivity index (χ1v) is 7.21. The number of carbonyl (C=O) groups is 3. The number of nitrogens with two attached hydrogens (primary N) is 1. The van der Waals surface area contributed by atoms with Crippen LogP contribution in [-0.4, -0.2) is 30.5 Å². The molecular weight excluding hydrogens is 324 g/mol. The van der Waals surface area contributed by atoms with Crippen molar-refractivity contribution < 1.29 is 19.1 Å². The van der Waals surface area contributed by atoms with Crippen molar-refractivity contribution in [1.82, 2.24) is 16.2 Å². The van der Waals surface area contributed by atoms with Gasteiger partial charge in [0.25, 0.3) is 11.8 Å². The summed E-state index contributed by atoms with van der Waals surface area (Å²) in [6.45, 7) is 3.12. The monoisotopic (exact) mass is 342 g/mol. The van der Waals surface area contributed by atoms with Crippen molar-refractivity contribution in [2.24, 2.45) is 11.7 Å². The molecule has 0 heterocycles. The molecular formula is C14H19ClN4O4. The van der Waals surface area contributed by atoms with Gasteiger partial charge in [-0.3, -0.25) is 20.4 Å². The Labute approximate surface area is 138 Å². The van der Waals surface area contributed by atoms with Gasteiger partial charge in [-0.25, -0.2) is 4.79 Å². The lowest BCUT2D eigenvalue weighted by molar-refractivity contribution is -0.131. The van der Waals surface area contributed by atoms with Gasteiger partial charge >= 0.3 is 6.03 Å². The van der Waals surface area contributed by atoms with Crippen molar-refractivity contribution >= 4 is 29.4 Å². The van der Waals surface area contributed by atoms with Gasteiger partial charge in [-0.1, -0.05) is 37.6 Å². The average molecular weight is 343 g/mol. The molecule has 0 fully saturated rings. The number of hydrazine groups is 1. The van der Waals surface area contributed by atoms with Crippen LogP contribution in [0.5, 0.6) is 5.75 Å². The van der Waals surface area contributed by atoms with Gasteiger partial charge < -0.3 is 15.8 Å². The number of para-hydroxylation sites is 1. The summed E-state index contributed by atoms with van der Waals surface area (Å²) in [5, 5.41) is 2.67. The van der Waals surface area contributed by atoms with Crippen molar-refractivity contribution in [3.63, 3.8) is 0 Å². The maximum atomic E-state index is 11.9. The van der Waals surface area contributed by atoms with E-state index in [-0.39, 0.29) is 12.5 Å². The number of amides is 4. The van der Waals surface area contributed by atoms with Crippen LogP contribution in [0, 0.1) is 5.92 Å². The number of nitrogens with one attached hydrogen (secondary N) is 3. The number of primary amides is 1. The fraction of sp³-hybridized carbons (Fsp3) is 0.357. The molecule has 0 bridgehead atoms. The molecule has 1 atom stereocenters. The van der Waals surface area contributed by atoms with E-state index in [9.17, 15) is 14.4 Å². The second-order valence-corrected chi connectivity index (χ2v) is 5.39. The molecule has 0 spiro atoms. The number of hydrogen-bond acceptors (Lipinski definition) is 4. The number of benzene rings is 1. The Morgan fingerprint density at radius 1 is 1.22 bits per heavy atom. The molecule has 1 rings (SSSR count). The normalized spacial score (nSPS) is 11.5. The van der Waals surface area contributed by atoms with Gasteiger partial charge in [0.15, 0.2) is 6.61 Å². The Morgan fingerprint density at radius 2 is 1.87 bits per heavy atom. The van der Waals surface area contributed by atoms with Gasteiger partial charge in [0.2, 0.25) is 0 Å². The molecule has 0 saturated carbocycles. The molecule has 0 aliphatic rings. The van der Waals surface area contributed by atoms with Gasteiger partial charge in [-0.2, -0.15) is 0 Å². The molecule has 126 valence electrons. The summed E-state index contributed by atoms with van der Waals surface area (Å²) in [5.74, 6) is -1.03. The van der Waals surface area contributed by atoms with E-state index in [0.29, 0.717) is 10.8 Å². The molecule has 0 saturated heterocycles. The molecule has 9 heteroatoms. The largest absolute Gasteiger partial charge is 0.482 e. The minimum absolute atomic E-state index is 0.209. The lowest BCUT2D eigenvalue weighted by Crippen LogP contribution is -2.55. The fourth-order valence-electron chi connectivity index (χ4n) is 1.64. The second-order valence-electron chi connectivity index (χ2n) is 4.99. The zero-order valence-corrected chi connectivity index (χ0v) is 13.5. The third-order valence-electron chi connectivity index (χ3n) is 2.77. The molecule has 4 amide bonds. The number of ether oxygens (including phenoxy) is 1. The van der Waals surface area contributed by atoms with E-state index in [1.807, 2.05) is 0 Å². The predicted molar refractivity (Wildman–Crippen MR) is 84.6 cm³/mol. The fourth-order valence-corrected chi connectivity index (χ4v) is 1.83. The van der Waals surface area contributed by atoms with E-state index in [1.54, 1.807) is 38.1 Å². The lowest BCUT2D eigenvalue weighted by Gasteiger charge is -2.20. The van der Waals surface area contributed by atoms with Crippen LogP contribution in [0.3, 0.4) is 0 Å². The third-order valence-corrected chi connectivity index (χ3v) is 3.08. The Bertz CT molecular complexity index is 580. The number of urea groups is 1. The van der Waals surface area contributed by atoms with Gasteiger partial charge in [-0.15, -0.1) is 0 Å². The highest BCUT2D eigenvalue weighted by Crippen LogP contribution is 2.22. The quantitative estimate of drug-likeness (QED) is 0.564. The Morgan fingerprint density at radius 3 is 2.43 bits per heavy atom. The highest BCUT2D eigenvalue weighted by Gasteiger charge is 2.23. The first-order chi connectivity index (χ1) is 10.8. The van der Waals surface area contributed by atoms with Crippen LogP contribution in [0.25, 0.3) is 0 Å². The summed E-state index contributed by atoms with van der Waals surface area (Å²) < 4.78 is 5.22. The van der Waals surface area contributed by atoms with E-state index in [4.69, 9.17) is 22.1 Å². The predicted octanol–water partition coefficient (Wildman–Crippen LogP) is 0.559. The van der Waals surface area contributed by atoms with Crippen molar-refractivity contribution in [3.8, 4) is 5.75 Å². The molecule has 0 aliphatic heterocycles. The number of rotatable bonds is 6. The number of halogens is 1. The zero-order valence-electron chi connectivity index (χ0n) is 12.8. The second kappa shape index (κ2) is 8.84. The first kappa shape index (κ1) is 18.6. The van der Waals surface area contributed by atoms with Crippen LogP contribution in [0.1, 0.15) is 13.8 Å². The zero-order chi connectivity index (χ0) is 17.4. The molecule has 1 aromatic rings. The first-order valence-electron chi connectivity index (χ1n) is 6.83. The van der Waals surface area contributed by atoms with Crippen LogP contribution in [-0.2, 0) is 9.59 Å². The van der Waals surface area contributed by atoms with E-state index in [1.165, 1.54) is 0 Å². The lowest BCUT2D eigenvalue weighted by atomic mass is 10.0. The maximum Gasteiger partial charge on any atom is 0.312 e. The summed E-state index contributed by atoms with van der Waals surface area (Å²) >= 11 is 5.88. The minimum atomic E-state index is -0.864. The standard InChI is InChI=1S/C14H19ClN4O4/c1-8(2)12(17-14(16)22)13(21)19-18-11(20)7-23-10-6-4-3-5-9(10)15/h3-6,8,12H,7H2,1-2H3,(H,18,20)(H,19,21)(H3,16,17,22)/t12-/m0/s1. The van der Waals surface area contributed by atoms with Crippen molar-refractivity contribution in [2.45, 2.75) is 19.9 Å². The van der Waals surface area contributed by atoms with Crippen molar-refractivity contribution in [1.29, 1.82) is 0 Å². The van der Waals surface area contributed by atoms with Gasteiger partial charge in [0.1, 0.15) is 11.8 Å². The summed E-state index contributed by atoms with van der Waals surface area (Å²) in [7, 11) is 0. The number of carbonyl (C=O) groups excluding carboxylic acids is 3. The van der Waals surface area contributed by atoms with E-state index >= 15 is 0 Å². The molecule has 23 heavy (non-hydrogen) atoms. The average Bonchev–Trinajstić information content (AvgIpc) is 2.49. The van der Waals surface area contributed by atoms with E-state index in [2.05, 4.69) is 16.2 Å². The van der Waals surface area contributed by atoms with Crippen LogP contribution < -0.4 is 26.6 Å². The Balaban J connectivity index is 2.44. The summed E-state index contributed by atoms with van der Waals surface area (Å²) in [6.07, 6.45) is 0. The van der Waals surface area contributed by atoms with Crippen LogP contribution in [0.2, 0.25) is 5.02 Å². The number of hydrogen-bond donors (Lipinski definition) is 4. The SMILES string of the molecule is CC(C)[C@H](NC(N)=O)C(=O)NNC(=O)COc1ccccc1Cl. The van der Waals surface area contributed by atoms with E-state index in [0.717, 1.165) is 0 Å². The Hall–Kier alpha value is -2.48. The summed E-state index contributed by atoms with van der Waals surface area (Å²) in [5.41, 5.74) is 9.38. The van der Waals surface area contributed by atoms with Crippen LogP contribution in [0.15, 0.2) is 24.3 Å². The molecule has 1 aromatic carbocycles. The van der Waals surface area contributed by atoms with Gasteiger partial charge in [0.05, 0.1) is 5.02 Å². The molecule has 5 N–H and O–H groups in total. The minimum Gasteiger partial charge on any atom is -0.482 e. The van der Waals surface area contributed by atoms with Crippen LogP contribution in [0.4, 0.5) is 4.79 Å². The van der Waals surface area contributed by atoms with Crippen molar-refractivity contribution in [3.05, 3.63) is 29.3 Å².